The van der Waals surface area contributed by atoms with Crippen molar-refractivity contribution in [3.05, 3.63) is 70.2 Å². The zero-order valence-electron chi connectivity index (χ0n) is 10.0. The first-order valence-electron chi connectivity index (χ1n) is 5.93. The molecule has 0 amide bonds. The van der Waals surface area contributed by atoms with E-state index in [4.69, 9.17) is 0 Å². The van der Waals surface area contributed by atoms with E-state index in [0.717, 1.165) is 16.6 Å². The van der Waals surface area contributed by atoms with Gasteiger partial charge < -0.3 is 10.4 Å². The van der Waals surface area contributed by atoms with Crippen molar-refractivity contribution in [1.29, 1.82) is 0 Å². The summed E-state index contributed by atoms with van der Waals surface area (Å²) in [6, 6.07) is 18.2. The molecule has 0 aliphatic rings. The molecule has 1 atom stereocenters. The lowest BCUT2D eigenvalue weighted by atomic mass is 10.1. The molecule has 0 bridgehead atoms. The van der Waals surface area contributed by atoms with Gasteiger partial charge in [0.1, 0.15) is 0 Å². The zero-order chi connectivity index (χ0) is 12.8. The second kappa shape index (κ2) is 6.69. The minimum atomic E-state index is -0.0187. The van der Waals surface area contributed by atoms with Gasteiger partial charge in [-0.2, -0.15) is 0 Å². The Morgan fingerprint density at radius 2 is 1.67 bits per heavy atom. The molecule has 2 aromatic carbocycles. The second-order valence-electron chi connectivity index (χ2n) is 4.15. The Hall–Kier alpha value is -1.16. The van der Waals surface area contributed by atoms with Crippen LogP contribution < -0.4 is 5.32 Å². The van der Waals surface area contributed by atoms with E-state index >= 15 is 0 Å². The molecule has 3 heteroatoms. The van der Waals surface area contributed by atoms with Crippen LogP contribution in [0.15, 0.2) is 59.1 Å². The van der Waals surface area contributed by atoms with E-state index in [9.17, 15) is 5.11 Å². The summed E-state index contributed by atoms with van der Waals surface area (Å²) in [4.78, 5) is 0. The highest BCUT2D eigenvalue weighted by Crippen LogP contribution is 2.14. The molecule has 1 unspecified atom stereocenters. The molecule has 18 heavy (non-hydrogen) atoms. The van der Waals surface area contributed by atoms with Gasteiger partial charge in [-0.1, -0.05) is 58.4 Å². The molecule has 0 heterocycles. The van der Waals surface area contributed by atoms with Gasteiger partial charge in [-0.25, -0.2) is 0 Å². The number of hydrogen-bond acceptors (Lipinski definition) is 2. The van der Waals surface area contributed by atoms with Gasteiger partial charge in [0.2, 0.25) is 0 Å². The predicted molar refractivity (Wildman–Crippen MR) is 77.3 cm³/mol. The van der Waals surface area contributed by atoms with E-state index in [2.05, 4.69) is 33.4 Å². The van der Waals surface area contributed by atoms with Crippen LogP contribution in [-0.2, 0) is 6.54 Å². The van der Waals surface area contributed by atoms with Crippen LogP contribution in [-0.4, -0.2) is 11.7 Å². The van der Waals surface area contributed by atoms with Crippen molar-refractivity contribution in [2.24, 2.45) is 0 Å². The highest BCUT2D eigenvalue weighted by atomic mass is 79.9. The molecular formula is C15H16BrNO. The maximum atomic E-state index is 9.43. The first kappa shape index (κ1) is 13.3. The van der Waals surface area contributed by atoms with Crippen LogP contribution >= 0.6 is 15.9 Å². The van der Waals surface area contributed by atoms with Crippen LogP contribution in [0.2, 0.25) is 0 Å². The van der Waals surface area contributed by atoms with Crippen molar-refractivity contribution in [2.45, 2.75) is 12.6 Å². The minimum absolute atomic E-state index is 0.0187. The molecule has 2 nitrogen and oxygen atoms in total. The predicted octanol–water partition coefficient (Wildman–Crippen LogP) is 3.27. The monoisotopic (exact) mass is 305 g/mol. The lowest BCUT2D eigenvalue weighted by Gasteiger charge is -2.16. The van der Waals surface area contributed by atoms with E-state index < -0.39 is 0 Å². The van der Waals surface area contributed by atoms with Gasteiger partial charge in [0, 0.05) is 11.0 Å². The molecule has 0 saturated heterocycles. The SMILES string of the molecule is OCC(NCc1ccc(Br)cc1)c1ccccc1. The maximum absolute atomic E-state index is 9.43. The summed E-state index contributed by atoms with van der Waals surface area (Å²) in [7, 11) is 0. The first-order chi connectivity index (χ1) is 8.79. The average Bonchev–Trinajstić information content (AvgIpc) is 2.43. The van der Waals surface area contributed by atoms with Crippen LogP contribution in [0.25, 0.3) is 0 Å². The Morgan fingerprint density at radius 3 is 2.28 bits per heavy atom. The van der Waals surface area contributed by atoms with Gasteiger partial charge in [-0.15, -0.1) is 0 Å². The quantitative estimate of drug-likeness (QED) is 0.888. The maximum Gasteiger partial charge on any atom is 0.0626 e. The molecule has 94 valence electrons. The highest BCUT2D eigenvalue weighted by molar-refractivity contribution is 9.10. The summed E-state index contributed by atoms with van der Waals surface area (Å²) >= 11 is 3.42. The molecule has 0 spiro atoms. The number of benzene rings is 2. The number of halogens is 1. The van der Waals surface area contributed by atoms with Crippen LogP contribution in [0, 0.1) is 0 Å². The third-order valence-electron chi connectivity index (χ3n) is 2.85. The molecule has 0 aliphatic heterocycles. The highest BCUT2D eigenvalue weighted by Gasteiger charge is 2.08. The topological polar surface area (TPSA) is 32.3 Å². The fourth-order valence-corrected chi connectivity index (χ4v) is 2.08. The summed E-state index contributed by atoms with van der Waals surface area (Å²) in [5.41, 5.74) is 2.31. The minimum Gasteiger partial charge on any atom is -0.394 e. The Kier molecular flexibility index (Phi) is 4.93. The van der Waals surface area contributed by atoms with Gasteiger partial charge in [-0.3, -0.25) is 0 Å². The third kappa shape index (κ3) is 3.67. The number of aliphatic hydroxyl groups is 1. The Bertz CT molecular complexity index is 470. The molecule has 0 aromatic heterocycles. The van der Waals surface area contributed by atoms with E-state index in [-0.39, 0.29) is 12.6 Å². The van der Waals surface area contributed by atoms with Crippen LogP contribution in [0.3, 0.4) is 0 Å². The van der Waals surface area contributed by atoms with Crippen molar-refractivity contribution in [3.63, 3.8) is 0 Å². The summed E-state index contributed by atoms with van der Waals surface area (Å²) in [6.45, 7) is 0.841. The molecular weight excluding hydrogens is 290 g/mol. The molecule has 0 aliphatic carbocycles. The number of rotatable bonds is 5. The molecule has 2 aromatic rings. The zero-order valence-corrected chi connectivity index (χ0v) is 11.6. The smallest absolute Gasteiger partial charge is 0.0626 e. The fourth-order valence-electron chi connectivity index (χ4n) is 1.82. The summed E-state index contributed by atoms with van der Waals surface area (Å²) in [5.74, 6) is 0. The largest absolute Gasteiger partial charge is 0.394 e. The van der Waals surface area contributed by atoms with Crippen LogP contribution in [0.1, 0.15) is 17.2 Å². The summed E-state index contributed by atoms with van der Waals surface area (Å²) < 4.78 is 1.08. The Labute approximate surface area is 116 Å². The van der Waals surface area contributed by atoms with Gasteiger partial charge in [0.15, 0.2) is 0 Å². The fraction of sp³-hybridized carbons (Fsp3) is 0.200. The number of aliphatic hydroxyl groups excluding tert-OH is 1. The van der Waals surface area contributed by atoms with E-state index in [1.807, 2.05) is 42.5 Å². The normalized spacial score (nSPS) is 12.3. The first-order valence-corrected chi connectivity index (χ1v) is 6.72. The van der Waals surface area contributed by atoms with E-state index in [1.165, 1.54) is 5.56 Å². The van der Waals surface area contributed by atoms with Crippen molar-refractivity contribution in [2.75, 3.05) is 6.61 Å². The van der Waals surface area contributed by atoms with Crippen LogP contribution in [0.4, 0.5) is 0 Å². The van der Waals surface area contributed by atoms with E-state index in [0.29, 0.717) is 0 Å². The average molecular weight is 306 g/mol. The molecule has 0 radical (unpaired) electrons. The Balaban J connectivity index is 1.97. The summed E-state index contributed by atoms with van der Waals surface area (Å²) in [5, 5.41) is 12.8. The Morgan fingerprint density at radius 1 is 1.00 bits per heavy atom. The molecule has 2 N–H and O–H groups in total. The van der Waals surface area contributed by atoms with Crippen molar-refractivity contribution in [1.82, 2.24) is 5.32 Å². The third-order valence-corrected chi connectivity index (χ3v) is 3.38. The molecule has 2 rings (SSSR count). The van der Waals surface area contributed by atoms with Crippen molar-refractivity contribution in [3.8, 4) is 0 Å². The van der Waals surface area contributed by atoms with Gasteiger partial charge >= 0.3 is 0 Å². The molecule has 0 saturated carbocycles. The molecule has 0 fully saturated rings. The van der Waals surface area contributed by atoms with Gasteiger partial charge in [0.05, 0.1) is 12.6 Å². The number of hydrogen-bond donors (Lipinski definition) is 2. The summed E-state index contributed by atoms with van der Waals surface area (Å²) in [6.07, 6.45) is 0. The number of nitrogens with one attached hydrogen (secondary N) is 1. The lowest BCUT2D eigenvalue weighted by molar-refractivity contribution is 0.243. The second-order valence-corrected chi connectivity index (χ2v) is 5.07. The van der Waals surface area contributed by atoms with Crippen LogP contribution in [0.5, 0.6) is 0 Å². The lowest BCUT2D eigenvalue weighted by Crippen LogP contribution is -2.23. The van der Waals surface area contributed by atoms with Crippen molar-refractivity contribution < 1.29 is 5.11 Å². The van der Waals surface area contributed by atoms with Crippen molar-refractivity contribution >= 4 is 15.9 Å². The standard InChI is InChI=1S/C15H16BrNO/c16-14-8-6-12(7-9-14)10-17-15(11-18)13-4-2-1-3-5-13/h1-9,15,17-18H,10-11H2. The van der Waals surface area contributed by atoms with Gasteiger partial charge in [-0.05, 0) is 23.3 Å². The van der Waals surface area contributed by atoms with Gasteiger partial charge in [0.25, 0.3) is 0 Å². The van der Waals surface area contributed by atoms with E-state index in [1.54, 1.807) is 0 Å².